The first-order valence-corrected chi connectivity index (χ1v) is 7.36. The predicted octanol–water partition coefficient (Wildman–Crippen LogP) is 2.81. The standard InChI is InChI=1S/C17H23NO2/c1-13-11-18(9-8-16(13)10-14(2)19)12-17(20)15-6-4-3-5-7-15/h3-7,13,16H,8-12H2,1-2H3/t13-,16-/m1/s1. The van der Waals surface area contributed by atoms with Gasteiger partial charge in [-0.3, -0.25) is 9.69 Å². The molecule has 3 heteroatoms. The van der Waals surface area contributed by atoms with E-state index in [4.69, 9.17) is 0 Å². The Morgan fingerprint density at radius 1 is 1.25 bits per heavy atom. The fourth-order valence-corrected chi connectivity index (χ4v) is 3.02. The van der Waals surface area contributed by atoms with Crippen molar-refractivity contribution in [1.29, 1.82) is 0 Å². The van der Waals surface area contributed by atoms with E-state index in [1.165, 1.54) is 0 Å². The van der Waals surface area contributed by atoms with Crippen LogP contribution in [0.5, 0.6) is 0 Å². The Bertz CT molecular complexity index is 469. The Morgan fingerprint density at radius 2 is 1.95 bits per heavy atom. The van der Waals surface area contributed by atoms with Crippen LogP contribution in [0.15, 0.2) is 30.3 Å². The summed E-state index contributed by atoms with van der Waals surface area (Å²) < 4.78 is 0. The largest absolute Gasteiger partial charge is 0.300 e. The summed E-state index contributed by atoms with van der Waals surface area (Å²) in [4.78, 5) is 25.6. The summed E-state index contributed by atoms with van der Waals surface area (Å²) >= 11 is 0. The molecule has 0 bridgehead atoms. The summed E-state index contributed by atoms with van der Waals surface area (Å²) in [6.45, 7) is 6.17. The Morgan fingerprint density at radius 3 is 2.55 bits per heavy atom. The summed E-state index contributed by atoms with van der Waals surface area (Å²) in [7, 11) is 0. The van der Waals surface area contributed by atoms with Crippen LogP contribution < -0.4 is 0 Å². The van der Waals surface area contributed by atoms with E-state index in [0.29, 0.717) is 24.8 Å². The molecule has 0 aliphatic carbocycles. The molecule has 1 aromatic rings. The van der Waals surface area contributed by atoms with Gasteiger partial charge < -0.3 is 4.79 Å². The lowest BCUT2D eigenvalue weighted by atomic mass is 9.83. The third-order valence-electron chi connectivity index (χ3n) is 4.18. The number of nitrogens with zero attached hydrogens (tertiary/aromatic N) is 1. The first kappa shape index (κ1) is 14.9. The number of carbonyl (C=O) groups is 2. The van der Waals surface area contributed by atoms with E-state index in [1.54, 1.807) is 6.92 Å². The van der Waals surface area contributed by atoms with Crippen LogP contribution in [0.2, 0.25) is 0 Å². The summed E-state index contributed by atoms with van der Waals surface area (Å²) in [5.41, 5.74) is 0.783. The molecule has 0 unspecified atom stereocenters. The molecule has 1 aromatic carbocycles. The number of piperidine rings is 1. The maximum atomic E-state index is 12.2. The number of Topliss-reactive ketones (excluding diaryl/α,β-unsaturated/α-hetero) is 2. The minimum atomic E-state index is 0.183. The lowest BCUT2D eigenvalue weighted by molar-refractivity contribution is -0.118. The van der Waals surface area contributed by atoms with E-state index in [2.05, 4.69) is 11.8 Å². The summed E-state index contributed by atoms with van der Waals surface area (Å²) in [6.07, 6.45) is 1.70. The van der Waals surface area contributed by atoms with Crippen molar-refractivity contribution in [3.63, 3.8) is 0 Å². The minimum absolute atomic E-state index is 0.183. The molecule has 1 aliphatic heterocycles. The van der Waals surface area contributed by atoms with Gasteiger partial charge in [-0.05, 0) is 31.7 Å². The van der Waals surface area contributed by atoms with Gasteiger partial charge in [-0.15, -0.1) is 0 Å². The highest BCUT2D eigenvalue weighted by molar-refractivity contribution is 5.97. The molecule has 0 N–H and O–H groups in total. The maximum Gasteiger partial charge on any atom is 0.176 e. The van der Waals surface area contributed by atoms with E-state index < -0.39 is 0 Å². The molecule has 0 amide bonds. The van der Waals surface area contributed by atoms with Gasteiger partial charge in [0.2, 0.25) is 0 Å². The Hall–Kier alpha value is -1.48. The predicted molar refractivity (Wildman–Crippen MR) is 79.8 cm³/mol. The molecule has 1 aliphatic rings. The van der Waals surface area contributed by atoms with Crippen LogP contribution in [0, 0.1) is 11.8 Å². The first-order valence-electron chi connectivity index (χ1n) is 7.36. The topological polar surface area (TPSA) is 37.4 Å². The molecule has 108 valence electrons. The van der Waals surface area contributed by atoms with E-state index >= 15 is 0 Å². The number of ketones is 2. The summed E-state index contributed by atoms with van der Waals surface area (Å²) in [5.74, 6) is 1.42. The second-order valence-corrected chi connectivity index (χ2v) is 5.96. The number of carbonyl (C=O) groups excluding carboxylic acids is 2. The maximum absolute atomic E-state index is 12.2. The van der Waals surface area contributed by atoms with E-state index in [9.17, 15) is 9.59 Å². The highest BCUT2D eigenvalue weighted by Crippen LogP contribution is 2.26. The summed E-state index contributed by atoms with van der Waals surface area (Å²) in [6, 6.07) is 9.46. The summed E-state index contributed by atoms with van der Waals surface area (Å²) in [5, 5.41) is 0. The third kappa shape index (κ3) is 4.01. The normalized spacial score (nSPS) is 23.5. The molecule has 0 aromatic heterocycles. The number of hydrogen-bond acceptors (Lipinski definition) is 3. The van der Waals surface area contributed by atoms with Crippen LogP contribution in [0.4, 0.5) is 0 Å². The molecule has 2 atom stereocenters. The highest BCUT2D eigenvalue weighted by atomic mass is 16.1. The van der Waals surface area contributed by atoms with Crippen LogP contribution in [0.1, 0.15) is 37.0 Å². The van der Waals surface area contributed by atoms with Gasteiger partial charge in [-0.1, -0.05) is 37.3 Å². The van der Waals surface area contributed by atoms with Gasteiger partial charge in [-0.2, -0.15) is 0 Å². The molecule has 0 saturated carbocycles. The van der Waals surface area contributed by atoms with Gasteiger partial charge in [-0.25, -0.2) is 0 Å². The van der Waals surface area contributed by atoms with Crippen LogP contribution in [0.3, 0.4) is 0 Å². The fourth-order valence-electron chi connectivity index (χ4n) is 3.02. The Balaban J connectivity index is 1.87. The van der Waals surface area contributed by atoms with Crippen molar-refractivity contribution >= 4 is 11.6 Å². The lowest BCUT2D eigenvalue weighted by Gasteiger charge is -2.36. The van der Waals surface area contributed by atoms with Crippen LogP contribution in [-0.2, 0) is 4.79 Å². The second kappa shape index (κ2) is 6.80. The van der Waals surface area contributed by atoms with Crippen molar-refractivity contribution in [3.05, 3.63) is 35.9 Å². The average molecular weight is 273 g/mol. The van der Waals surface area contributed by atoms with Gasteiger partial charge in [0.05, 0.1) is 6.54 Å². The average Bonchev–Trinajstić information content (AvgIpc) is 2.42. The van der Waals surface area contributed by atoms with Crippen molar-refractivity contribution in [3.8, 4) is 0 Å². The molecule has 20 heavy (non-hydrogen) atoms. The Labute approximate surface area is 121 Å². The highest BCUT2D eigenvalue weighted by Gasteiger charge is 2.27. The number of hydrogen-bond donors (Lipinski definition) is 0. The smallest absolute Gasteiger partial charge is 0.176 e. The number of benzene rings is 1. The van der Waals surface area contributed by atoms with Crippen molar-refractivity contribution in [2.45, 2.75) is 26.7 Å². The van der Waals surface area contributed by atoms with Crippen molar-refractivity contribution in [2.24, 2.45) is 11.8 Å². The fraction of sp³-hybridized carbons (Fsp3) is 0.529. The number of rotatable bonds is 5. The molecule has 1 saturated heterocycles. The molecule has 0 radical (unpaired) electrons. The Kier molecular flexibility index (Phi) is 5.07. The van der Waals surface area contributed by atoms with Gasteiger partial charge in [0.1, 0.15) is 5.78 Å². The molecule has 1 heterocycles. The number of likely N-dealkylation sites (tertiary alicyclic amines) is 1. The van der Waals surface area contributed by atoms with Crippen LogP contribution in [0.25, 0.3) is 0 Å². The van der Waals surface area contributed by atoms with Crippen molar-refractivity contribution < 1.29 is 9.59 Å². The first-order chi connectivity index (χ1) is 9.56. The zero-order valence-corrected chi connectivity index (χ0v) is 12.3. The van der Waals surface area contributed by atoms with Crippen LogP contribution >= 0.6 is 0 Å². The molecule has 1 fully saturated rings. The monoisotopic (exact) mass is 273 g/mol. The second-order valence-electron chi connectivity index (χ2n) is 5.96. The SMILES string of the molecule is CC(=O)C[C@H]1CCN(CC(=O)c2ccccc2)C[C@H]1C. The zero-order valence-electron chi connectivity index (χ0n) is 12.3. The quantitative estimate of drug-likeness (QED) is 0.774. The van der Waals surface area contributed by atoms with E-state index in [0.717, 1.165) is 25.1 Å². The van der Waals surface area contributed by atoms with Crippen LogP contribution in [-0.4, -0.2) is 36.1 Å². The molecule has 0 spiro atoms. The van der Waals surface area contributed by atoms with Gasteiger partial charge in [0, 0.05) is 18.5 Å². The molecular formula is C17H23NO2. The zero-order chi connectivity index (χ0) is 14.5. The van der Waals surface area contributed by atoms with Crippen molar-refractivity contribution in [2.75, 3.05) is 19.6 Å². The van der Waals surface area contributed by atoms with Gasteiger partial charge in [0.15, 0.2) is 5.78 Å². The third-order valence-corrected chi connectivity index (χ3v) is 4.18. The minimum Gasteiger partial charge on any atom is -0.300 e. The molecule has 2 rings (SSSR count). The lowest BCUT2D eigenvalue weighted by Crippen LogP contribution is -2.42. The van der Waals surface area contributed by atoms with Crippen molar-refractivity contribution in [1.82, 2.24) is 4.90 Å². The van der Waals surface area contributed by atoms with Gasteiger partial charge >= 0.3 is 0 Å². The van der Waals surface area contributed by atoms with E-state index in [1.807, 2.05) is 30.3 Å². The molecule has 3 nitrogen and oxygen atoms in total. The molecular weight excluding hydrogens is 250 g/mol. The van der Waals surface area contributed by atoms with Gasteiger partial charge in [0.25, 0.3) is 0 Å². The van der Waals surface area contributed by atoms with E-state index in [-0.39, 0.29) is 11.6 Å².